The van der Waals surface area contributed by atoms with E-state index in [0.29, 0.717) is 0 Å². The van der Waals surface area contributed by atoms with Crippen molar-refractivity contribution in [1.82, 2.24) is 14.1 Å². The van der Waals surface area contributed by atoms with E-state index in [1.54, 1.807) is 0 Å². The lowest BCUT2D eigenvalue weighted by molar-refractivity contribution is 0.794. The first kappa shape index (κ1) is 35.0. The first-order valence-corrected chi connectivity index (χ1v) is 22.6. The van der Waals surface area contributed by atoms with Gasteiger partial charge in [-0.3, -0.25) is 0 Å². The second-order valence-corrected chi connectivity index (χ2v) is 17.8. The second kappa shape index (κ2) is 12.8. The lowest BCUT2D eigenvalue weighted by atomic mass is 9.70. The van der Waals surface area contributed by atoms with E-state index >= 15 is 0 Å². The van der Waals surface area contributed by atoms with Gasteiger partial charge in [-0.25, -0.2) is 4.98 Å². The molecule has 15 rings (SSSR count). The molecule has 10 aromatic carbocycles. The molecule has 0 atom stereocenters. The molecule has 3 heteroatoms. The Kier molecular flexibility index (Phi) is 6.88. The van der Waals surface area contributed by atoms with Crippen LogP contribution in [-0.2, 0) is 5.41 Å². The van der Waals surface area contributed by atoms with Crippen LogP contribution in [-0.4, -0.2) is 14.1 Å². The lowest BCUT2D eigenvalue weighted by Gasteiger charge is -2.30. The summed E-state index contributed by atoms with van der Waals surface area (Å²) in [5, 5.41) is 8.52. The first-order chi connectivity index (χ1) is 32.3. The van der Waals surface area contributed by atoms with Gasteiger partial charge in [-0.05, 0) is 99.1 Å². The Hall–Kier alpha value is -8.53. The van der Waals surface area contributed by atoms with Crippen molar-refractivity contribution in [2.45, 2.75) is 5.41 Å². The summed E-state index contributed by atoms with van der Waals surface area (Å²) < 4.78 is 4.87. The zero-order chi connectivity index (χ0) is 42.4. The van der Waals surface area contributed by atoms with Gasteiger partial charge in [0.25, 0.3) is 0 Å². The van der Waals surface area contributed by atoms with Crippen molar-refractivity contribution < 1.29 is 0 Å². The summed E-state index contributed by atoms with van der Waals surface area (Å²) in [4.78, 5) is 5.56. The van der Waals surface area contributed by atoms with Gasteiger partial charge in [0.2, 0.25) is 0 Å². The highest BCUT2D eigenvalue weighted by Crippen LogP contribution is 2.64. The van der Waals surface area contributed by atoms with Crippen LogP contribution in [0.1, 0.15) is 22.3 Å². The predicted molar refractivity (Wildman–Crippen MR) is 270 cm³/mol. The smallest absolute Gasteiger partial charge is 0.0789 e. The average Bonchev–Trinajstić information content (AvgIpc) is 4.07. The molecule has 3 nitrogen and oxygen atoms in total. The summed E-state index contributed by atoms with van der Waals surface area (Å²) in [5.74, 6) is 0. The number of hydrogen-bond acceptors (Lipinski definition) is 1. The maximum atomic E-state index is 5.56. The monoisotopic (exact) mass is 823 g/mol. The van der Waals surface area contributed by atoms with E-state index < -0.39 is 5.41 Å². The molecule has 65 heavy (non-hydrogen) atoms. The van der Waals surface area contributed by atoms with Gasteiger partial charge in [-0.2, -0.15) is 0 Å². The van der Waals surface area contributed by atoms with Crippen molar-refractivity contribution in [1.29, 1.82) is 0 Å². The molecule has 3 heterocycles. The number of aromatic nitrogens is 3. The van der Waals surface area contributed by atoms with Crippen LogP contribution in [0, 0.1) is 0 Å². The third-order valence-corrected chi connectivity index (χ3v) is 14.7. The molecule has 0 aliphatic heterocycles. The predicted octanol–water partition coefficient (Wildman–Crippen LogP) is 15.6. The van der Waals surface area contributed by atoms with Gasteiger partial charge in [0, 0.05) is 54.6 Å². The molecule has 0 saturated heterocycles. The van der Waals surface area contributed by atoms with Gasteiger partial charge in [0.05, 0.1) is 38.7 Å². The van der Waals surface area contributed by atoms with Gasteiger partial charge in [0.15, 0.2) is 0 Å². The van der Waals surface area contributed by atoms with E-state index in [0.717, 1.165) is 33.5 Å². The molecule has 3 aromatic heterocycles. The van der Waals surface area contributed by atoms with Gasteiger partial charge < -0.3 is 9.13 Å². The van der Waals surface area contributed by atoms with E-state index in [1.807, 2.05) is 0 Å². The van der Waals surface area contributed by atoms with Crippen LogP contribution in [0.5, 0.6) is 0 Å². The van der Waals surface area contributed by atoms with Crippen LogP contribution < -0.4 is 0 Å². The molecule has 1 spiro atoms. The molecule has 2 aliphatic carbocycles. The van der Waals surface area contributed by atoms with Crippen molar-refractivity contribution in [2.75, 3.05) is 0 Å². The molecular formula is C62H37N3. The Morgan fingerprint density at radius 1 is 0.323 bits per heavy atom. The van der Waals surface area contributed by atoms with Crippen LogP contribution in [0.15, 0.2) is 224 Å². The Balaban J connectivity index is 0.997. The normalized spacial score (nSPS) is 13.4. The van der Waals surface area contributed by atoms with Crippen molar-refractivity contribution in [3.63, 3.8) is 0 Å². The summed E-state index contributed by atoms with van der Waals surface area (Å²) >= 11 is 0. The number of hydrogen-bond donors (Lipinski definition) is 0. The molecule has 0 amide bonds. The number of para-hydroxylation sites is 4. The number of fused-ring (bicyclic) bond motifs is 20. The Bertz CT molecular complexity index is 4140. The van der Waals surface area contributed by atoms with Crippen LogP contribution in [0.25, 0.3) is 110 Å². The fourth-order valence-electron chi connectivity index (χ4n) is 12.2. The summed E-state index contributed by atoms with van der Waals surface area (Å²) in [6.07, 6.45) is 0. The molecule has 0 radical (unpaired) electrons. The molecule has 13 aromatic rings. The van der Waals surface area contributed by atoms with E-state index in [2.05, 4.69) is 234 Å². The molecule has 0 bridgehead atoms. The number of pyridine rings is 1. The minimum absolute atomic E-state index is 0.424. The zero-order valence-corrected chi connectivity index (χ0v) is 35.2. The third-order valence-electron chi connectivity index (χ3n) is 14.7. The molecule has 300 valence electrons. The summed E-state index contributed by atoms with van der Waals surface area (Å²) in [6.45, 7) is 0. The number of rotatable bonds is 3. The SMILES string of the molecule is c1ccc(-n2c3ccccc3c3cc4c(cc32)c2ccccc2n4-c2cccc(-c3nc4ccccc4c4c5c(ccc34)C3(c4ccccc4-c4ccccc43)c3ccccc3-5)c2)cc1. The van der Waals surface area contributed by atoms with Gasteiger partial charge in [0.1, 0.15) is 0 Å². The van der Waals surface area contributed by atoms with Gasteiger partial charge in [-0.15, -0.1) is 0 Å². The van der Waals surface area contributed by atoms with Crippen molar-refractivity contribution in [2.24, 2.45) is 0 Å². The van der Waals surface area contributed by atoms with Crippen molar-refractivity contribution in [3.05, 3.63) is 247 Å². The standard InChI is InChI=1S/C62H37N3/c1-2-18-39(19-3-1)64-55-31-14-8-23-43(55)48-37-58-49(36-57(48)64)44-24-9-15-32-56(44)65(58)40-20-16-17-38(35-40)61-47-33-34-53-60(59(47)46-26-7-13-30-54(46)63-61)45-25-6-12-29-52(45)62(53)50-27-10-4-21-41(50)42-22-5-11-28-51(42)62/h1-37H. The maximum Gasteiger partial charge on any atom is 0.0789 e. The maximum absolute atomic E-state index is 5.56. The van der Waals surface area contributed by atoms with Crippen LogP contribution in [0.4, 0.5) is 0 Å². The molecule has 0 N–H and O–H groups in total. The summed E-state index contributed by atoms with van der Waals surface area (Å²) in [6, 6.07) is 83.0. The molecule has 0 fully saturated rings. The second-order valence-electron chi connectivity index (χ2n) is 17.8. The molecular weight excluding hydrogens is 787 g/mol. The molecule has 2 aliphatic rings. The van der Waals surface area contributed by atoms with E-state index in [9.17, 15) is 0 Å². The van der Waals surface area contributed by atoms with Crippen LogP contribution in [0.2, 0.25) is 0 Å². The highest BCUT2D eigenvalue weighted by molar-refractivity contribution is 6.21. The molecule has 0 unspecified atom stereocenters. The van der Waals surface area contributed by atoms with Crippen LogP contribution in [0.3, 0.4) is 0 Å². The van der Waals surface area contributed by atoms with Gasteiger partial charge >= 0.3 is 0 Å². The van der Waals surface area contributed by atoms with Gasteiger partial charge in [-0.1, -0.05) is 170 Å². The first-order valence-electron chi connectivity index (χ1n) is 22.6. The summed E-state index contributed by atoms with van der Waals surface area (Å²) in [7, 11) is 0. The highest BCUT2D eigenvalue weighted by atomic mass is 15.0. The third kappa shape index (κ3) is 4.46. The lowest BCUT2D eigenvalue weighted by Crippen LogP contribution is -2.25. The van der Waals surface area contributed by atoms with Crippen molar-refractivity contribution in [3.8, 4) is 44.9 Å². The molecule has 0 saturated carbocycles. The largest absolute Gasteiger partial charge is 0.309 e. The van der Waals surface area contributed by atoms with E-state index in [-0.39, 0.29) is 0 Å². The summed E-state index contributed by atoms with van der Waals surface area (Å²) in [5.41, 5.74) is 20.3. The number of nitrogens with zero attached hydrogens (tertiary/aromatic N) is 3. The highest BCUT2D eigenvalue weighted by Gasteiger charge is 2.52. The van der Waals surface area contributed by atoms with E-state index in [4.69, 9.17) is 4.98 Å². The topological polar surface area (TPSA) is 22.8 Å². The Labute approximate surface area is 374 Å². The minimum Gasteiger partial charge on any atom is -0.309 e. The van der Waals surface area contributed by atoms with Crippen LogP contribution >= 0.6 is 0 Å². The number of benzene rings is 10. The zero-order valence-electron chi connectivity index (χ0n) is 35.2. The minimum atomic E-state index is -0.424. The Morgan fingerprint density at radius 2 is 0.846 bits per heavy atom. The fraction of sp³-hybridized carbons (Fsp3) is 0.0161. The fourth-order valence-corrected chi connectivity index (χ4v) is 12.2. The quantitative estimate of drug-likeness (QED) is 0.163. The average molecular weight is 824 g/mol. The Morgan fingerprint density at radius 3 is 1.52 bits per heavy atom. The van der Waals surface area contributed by atoms with E-state index in [1.165, 1.54) is 98.9 Å². The van der Waals surface area contributed by atoms with Crippen molar-refractivity contribution >= 4 is 65.3 Å².